The zero-order valence-electron chi connectivity index (χ0n) is 14.5. The van der Waals surface area contributed by atoms with E-state index in [0.29, 0.717) is 12.4 Å². The van der Waals surface area contributed by atoms with Crippen molar-refractivity contribution >= 4 is 15.7 Å². The van der Waals surface area contributed by atoms with E-state index >= 15 is 0 Å². The molecule has 1 amide bonds. The maximum absolute atomic E-state index is 12.7. The summed E-state index contributed by atoms with van der Waals surface area (Å²) >= 11 is 0. The molecule has 1 N–H and O–H groups in total. The van der Waals surface area contributed by atoms with Crippen LogP contribution in [0.25, 0.3) is 11.3 Å². The number of carbonyl (C=O) groups excluding carboxylic acids is 1. The van der Waals surface area contributed by atoms with E-state index in [1.165, 1.54) is 6.92 Å². The van der Waals surface area contributed by atoms with E-state index < -0.39 is 15.1 Å². The Morgan fingerprint density at radius 2 is 2.00 bits per heavy atom. The summed E-state index contributed by atoms with van der Waals surface area (Å²) in [6.45, 7) is 2.02. The summed E-state index contributed by atoms with van der Waals surface area (Å²) in [6, 6.07) is 9.65. The Balaban J connectivity index is 1.87. The molecule has 2 aromatic rings. The summed E-state index contributed by atoms with van der Waals surface area (Å²) < 4.78 is 23.6. The molecular weight excluding hydrogens is 338 g/mol. The van der Waals surface area contributed by atoms with Crippen molar-refractivity contribution in [1.29, 1.82) is 0 Å². The Morgan fingerprint density at radius 1 is 1.28 bits per heavy atom. The smallest absolute Gasteiger partial charge is 0.241 e. The van der Waals surface area contributed by atoms with Gasteiger partial charge in [-0.2, -0.15) is 0 Å². The standard InChI is InChI=1S/C18H23N3O3S/c1-13(25(2,23)24)18(22)21-11-7-6-10-16(21)17-19-12-15(20-17)14-8-4-3-5-9-14/h3-5,8-9,12-13,16H,6-7,10-11H2,1-2H3,(H,19,20). The molecule has 0 saturated carbocycles. The Kier molecular flexibility index (Phi) is 4.94. The molecule has 25 heavy (non-hydrogen) atoms. The van der Waals surface area contributed by atoms with Crippen LogP contribution in [0.1, 0.15) is 38.1 Å². The molecule has 6 nitrogen and oxygen atoms in total. The van der Waals surface area contributed by atoms with Gasteiger partial charge in [-0.1, -0.05) is 30.3 Å². The number of hydrogen-bond acceptors (Lipinski definition) is 4. The number of imidazole rings is 1. The van der Waals surface area contributed by atoms with Crippen LogP contribution in [0.4, 0.5) is 0 Å². The molecule has 0 spiro atoms. The van der Waals surface area contributed by atoms with Gasteiger partial charge in [-0.05, 0) is 31.7 Å². The second-order valence-corrected chi connectivity index (χ2v) is 8.93. The molecule has 1 aliphatic heterocycles. The van der Waals surface area contributed by atoms with Crippen LogP contribution in [0.5, 0.6) is 0 Å². The Hall–Kier alpha value is -2.15. The van der Waals surface area contributed by atoms with Gasteiger partial charge in [0.25, 0.3) is 0 Å². The SMILES string of the molecule is CC(C(=O)N1CCCCC1c1ncc(-c2ccccc2)[nH]1)S(C)(=O)=O. The third-order valence-corrected chi connectivity index (χ3v) is 6.26. The lowest BCUT2D eigenvalue weighted by Gasteiger charge is -2.35. The van der Waals surface area contributed by atoms with Gasteiger partial charge in [0.05, 0.1) is 17.9 Å². The Labute approximate surface area is 148 Å². The van der Waals surface area contributed by atoms with Crippen molar-refractivity contribution in [2.45, 2.75) is 37.5 Å². The van der Waals surface area contributed by atoms with Crippen LogP contribution in [0, 0.1) is 0 Å². The van der Waals surface area contributed by atoms with E-state index in [9.17, 15) is 13.2 Å². The predicted molar refractivity (Wildman–Crippen MR) is 96.6 cm³/mol. The molecule has 1 fully saturated rings. The first-order valence-corrected chi connectivity index (χ1v) is 10.4. The molecule has 1 aromatic heterocycles. The summed E-state index contributed by atoms with van der Waals surface area (Å²) in [4.78, 5) is 22.2. The lowest BCUT2D eigenvalue weighted by atomic mass is 10.0. The molecule has 2 unspecified atom stereocenters. The number of nitrogens with one attached hydrogen (secondary N) is 1. The van der Waals surface area contributed by atoms with Crippen LogP contribution in [-0.4, -0.2) is 47.2 Å². The number of nitrogens with zero attached hydrogens (tertiary/aromatic N) is 2. The highest BCUT2D eigenvalue weighted by Gasteiger charge is 2.35. The average Bonchev–Trinajstić information content (AvgIpc) is 3.10. The Morgan fingerprint density at radius 3 is 2.68 bits per heavy atom. The van der Waals surface area contributed by atoms with Crippen molar-refractivity contribution in [3.63, 3.8) is 0 Å². The first kappa shape index (κ1) is 17.7. The van der Waals surface area contributed by atoms with Crippen molar-refractivity contribution in [3.05, 3.63) is 42.4 Å². The molecule has 1 aromatic carbocycles. The van der Waals surface area contributed by atoms with Crippen LogP contribution >= 0.6 is 0 Å². The van der Waals surface area contributed by atoms with Gasteiger partial charge in [0.1, 0.15) is 11.1 Å². The molecule has 1 aliphatic rings. The first-order valence-electron chi connectivity index (χ1n) is 8.47. The zero-order valence-corrected chi connectivity index (χ0v) is 15.3. The second kappa shape index (κ2) is 7.00. The largest absolute Gasteiger partial charge is 0.340 e. The fourth-order valence-corrected chi connectivity index (χ4v) is 3.67. The fraction of sp³-hybridized carbons (Fsp3) is 0.444. The van der Waals surface area contributed by atoms with Crippen molar-refractivity contribution in [2.24, 2.45) is 0 Å². The minimum atomic E-state index is -3.42. The highest BCUT2D eigenvalue weighted by atomic mass is 32.2. The number of piperidine rings is 1. The molecule has 0 radical (unpaired) electrons. The minimum Gasteiger partial charge on any atom is -0.340 e. The van der Waals surface area contributed by atoms with Gasteiger partial charge in [-0.15, -0.1) is 0 Å². The van der Waals surface area contributed by atoms with Crippen LogP contribution in [0.3, 0.4) is 0 Å². The van der Waals surface area contributed by atoms with Gasteiger partial charge in [0.2, 0.25) is 5.91 Å². The lowest BCUT2D eigenvalue weighted by Crippen LogP contribution is -2.45. The number of carbonyl (C=O) groups is 1. The summed E-state index contributed by atoms with van der Waals surface area (Å²) in [5.41, 5.74) is 1.92. The van der Waals surface area contributed by atoms with Gasteiger partial charge in [0.15, 0.2) is 9.84 Å². The number of benzene rings is 1. The van der Waals surface area contributed by atoms with E-state index in [2.05, 4.69) is 9.97 Å². The Bertz CT molecular complexity index is 845. The molecular formula is C18H23N3O3S. The number of hydrogen-bond donors (Lipinski definition) is 1. The van der Waals surface area contributed by atoms with Crippen LogP contribution in [0.15, 0.2) is 36.5 Å². The minimum absolute atomic E-state index is 0.206. The van der Waals surface area contributed by atoms with Gasteiger partial charge in [-0.3, -0.25) is 4.79 Å². The normalized spacial score (nSPS) is 19.6. The van der Waals surface area contributed by atoms with Gasteiger partial charge in [-0.25, -0.2) is 13.4 Å². The molecule has 0 bridgehead atoms. The molecule has 3 rings (SSSR count). The number of aromatic amines is 1. The van der Waals surface area contributed by atoms with Crippen molar-refractivity contribution < 1.29 is 13.2 Å². The number of likely N-dealkylation sites (tertiary alicyclic amines) is 1. The monoisotopic (exact) mass is 361 g/mol. The van der Waals surface area contributed by atoms with Gasteiger partial charge < -0.3 is 9.88 Å². The van der Waals surface area contributed by atoms with E-state index in [4.69, 9.17) is 0 Å². The topological polar surface area (TPSA) is 83.1 Å². The highest BCUT2D eigenvalue weighted by molar-refractivity contribution is 7.92. The molecule has 7 heteroatoms. The van der Waals surface area contributed by atoms with Crippen LogP contribution in [0.2, 0.25) is 0 Å². The van der Waals surface area contributed by atoms with E-state index in [0.717, 1.165) is 36.8 Å². The summed E-state index contributed by atoms with van der Waals surface area (Å²) in [5, 5.41) is -1.03. The van der Waals surface area contributed by atoms with Crippen molar-refractivity contribution in [2.75, 3.05) is 12.8 Å². The van der Waals surface area contributed by atoms with Crippen molar-refractivity contribution in [1.82, 2.24) is 14.9 Å². The maximum Gasteiger partial charge on any atom is 0.241 e. The zero-order chi connectivity index (χ0) is 18.0. The maximum atomic E-state index is 12.7. The van der Waals surface area contributed by atoms with E-state index in [1.54, 1.807) is 11.1 Å². The van der Waals surface area contributed by atoms with E-state index in [-0.39, 0.29) is 11.9 Å². The molecule has 2 atom stereocenters. The summed E-state index contributed by atoms with van der Waals surface area (Å²) in [7, 11) is -3.42. The number of H-pyrrole nitrogens is 1. The summed E-state index contributed by atoms with van der Waals surface area (Å²) in [6.07, 6.45) is 5.52. The lowest BCUT2D eigenvalue weighted by molar-refractivity contribution is -0.134. The number of rotatable bonds is 4. The molecule has 134 valence electrons. The third kappa shape index (κ3) is 3.76. The highest BCUT2D eigenvalue weighted by Crippen LogP contribution is 2.31. The third-order valence-electron chi connectivity index (χ3n) is 4.77. The van der Waals surface area contributed by atoms with Gasteiger partial charge >= 0.3 is 0 Å². The first-order chi connectivity index (χ1) is 11.9. The number of sulfone groups is 1. The summed E-state index contributed by atoms with van der Waals surface area (Å²) in [5.74, 6) is 0.373. The molecule has 0 aliphatic carbocycles. The molecule has 1 saturated heterocycles. The number of amides is 1. The average molecular weight is 361 g/mol. The fourth-order valence-electron chi connectivity index (χ4n) is 3.17. The van der Waals surface area contributed by atoms with Crippen LogP contribution in [-0.2, 0) is 14.6 Å². The van der Waals surface area contributed by atoms with Crippen LogP contribution < -0.4 is 0 Å². The van der Waals surface area contributed by atoms with Crippen molar-refractivity contribution in [3.8, 4) is 11.3 Å². The van der Waals surface area contributed by atoms with E-state index in [1.807, 2.05) is 30.3 Å². The predicted octanol–water partition coefficient (Wildman–Crippen LogP) is 2.56. The number of aromatic nitrogens is 2. The van der Waals surface area contributed by atoms with Gasteiger partial charge in [0, 0.05) is 12.8 Å². The second-order valence-electron chi connectivity index (χ2n) is 6.56. The quantitative estimate of drug-likeness (QED) is 0.907. The molecule has 2 heterocycles.